The molecule has 0 amide bonds. The standard InChI is InChI=1S/C13H14ClN3/c1-9-16-8-10(6-7-15)13(17-9)11-4-2-3-5-12(11)14/h2-5,8H,6-7,15H2,1H3. The minimum absolute atomic E-state index is 0.573. The molecule has 1 heterocycles. The number of hydrogen-bond acceptors (Lipinski definition) is 3. The van der Waals surface area contributed by atoms with Crippen LogP contribution in [0, 0.1) is 6.92 Å². The Labute approximate surface area is 106 Å². The zero-order valence-electron chi connectivity index (χ0n) is 9.65. The van der Waals surface area contributed by atoms with Gasteiger partial charge in [-0.25, -0.2) is 9.97 Å². The Hall–Kier alpha value is -1.45. The molecule has 0 aliphatic carbocycles. The molecule has 0 saturated carbocycles. The molecule has 17 heavy (non-hydrogen) atoms. The lowest BCUT2D eigenvalue weighted by Crippen LogP contribution is -2.06. The van der Waals surface area contributed by atoms with E-state index in [-0.39, 0.29) is 0 Å². The summed E-state index contributed by atoms with van der Waals surface area (Å²) in [5, 5.41) is 0.698. The molecule has 1 aromatic carbocycles. The Balaban J connectivity index is 2.57. The second-order valence-electron chi connectivity index (χ2n) is 3.81. The largest absolute Gasteiger partial charge is 0.330 e. The van der Waals surface area contributed by atoms with Crippen molar-refractivity contribution < 1.29 is 0 Å². The zero-order chi connectivity index (χ0) is 12.3. The van der Waals surface area contributed by atoms with Crippen molar-refractivity contribution in [3.63, 3.8) is 0 Å². The van der Waals surface area contributed by atoms with Gasteiger partial charge >= 0.3 is 0 Å². The summed E-state index contributed by atoms with van der Waals surface area (Å²) in [5.74, 6) is 0.737. The van der Waals surface area contributed by atoms with Gasteiger partial charge in [0.1, 0.15) is 5.82 Å². The maximum absolute atomic E-state index is 6.19. The fraction of sp³-hybridized carbons (Fsp3) is 0.231. The minimum Gasteiger partial charge on any atom is -0.330 e. The van der Waals surface area contributed by atoms with E-state index in [0.717, 1.165) is 29.1 Å². The molecule has 0 unspecified atom stereocenters. The van der Waals surface area contributed by atoms with Crippen molar-refractivity contribution in [1.29, 1.82) is 0 Å². The van der Waals surface area contributed by atoms with E-state index in [2.05, 4.69) is 9.97 Å². The summed E-state index contributed by atoms with van der Waals surface area (Å²) >= 11 is 6.19. The Kier molecular flexibility index (Phi) is 3.71. The third kappa shape index (κ3) is 2.62. The van der Waals surface area contributed by atoms with Crippen LogP contribution in [0.2, 0.25) is 5.02 Å². The highest BCUT2D eigenvalue weighted by Crippen LogP contribution is 2.28. The Bertz CT molecular complexity index is 526. The van der Waals surface area contributed by atoms with E-state index < -0.39 is 0 Å². The van der Waals surface area contributed by atoms with Crippen LogP contribution in [-0.2, 0) is 6.42 Å². The lowest BCUT2D eigenvalue weighted by atomic mass is 10.0. The van der Waals surface area contributed by atoms with Gasteiger partial charge < -0.3 is 5.73 Å². The van der Waals surface area contributed by atoms with Crippen LogP contribution in [0.4, 0.5) is 0 Å². The number of halogens is 1. The van der Waals surface area contributed by atoms with Crippen molar-refractivity contribution in [3.8, 4) is 11.3 Å². The summed E-state index contributed by atoms with van der Waals surface area (Å²) < 4.78 is 0. The van der Waals surface area contributed by atoms with Crippen molar-refractivity contribution in [2.24, 2.45) is 5.73 Å². The van der Waals surface area contributed by atoms with Gasteiger partial charge in [0.15, 0.2) is 0 Å². The number of rotatable bonds is 3. The van der Waals surface area contributed by atoms with Crippen molar-refractivity contribution in [2.75, 3.05) is 6.54 Å². The van der Waals surface area contributed by atoms with Crippen LogP contribution < -0.4 is 5.73 Å². The molecule has 2 rings (SSSR count). The molecular formula is C13H14ClN3. The van der Waals surface area contributed by atoms with Crippen LogP contribution in [0.15, 0.2) is 30.5 Å². The van der Waals surface area contributed by atoms with Gasteiger partial charge in [0, 0.05) is 16.8 Å². The van der Waals surface area contributed by atoms with Crippen LogP contribution >= 0.6 is 11.6 Å². The molecule has 88 valence electrons. The number of nitrogens with zero attached hydrogens (tertiary/aromatic N) is 2. The van der Waals surface area contributed by atoms with Gasteiger partial charge in [0.2, 0.25) is 0 Å². The zero-order valence-corrected chi connectivity index (χ0v) is 10.4. The first-order chi connectivity index (χ1) is 8.22. The molecule has 0 atom stereocenters. The van der Waals surface area contributed by atoms with E-state index in [0.29, 0.717) is 11.6 Å². The van der Waals surface area contributed by atoms with E-state index in [1.165, 1.54) is 0 Å². The first-order valence-electron chi connectivity index (χ1n) is 5.50. The van der Waals surface area contributed by atoms with Crippen molar-refractivity contribution >= 4 is 11.6 Å². The van der Waals surface area contributed by atoms with E-state index in [9.17, 15) is 0 Å². The number of aryl methyl sites for hydroxylation is 1. The molecule has 3 nitrogen and oxygen atoms in total. The second-order valence-corrected chi connectivity index (χ2v) is 4.22. The summed E-state index contributed by atoms with van der Waals surface area (Å²) in [6.07, 6.45) is 2.58. The SMILES string of the molecule is Cc1ncc(CCN)c(-c2ccccc2Cl)n1. The van der Waals surface area contributed by atoms with Gasteiger partial charge in [0.05, 0.1) is 5.69 Å². The third-order valence-corrected chi connectivity index (χ3v) is 2.86. The van der Waals surface area contributed by atoms with E-state index in [1.807, 2.05) is 37.4 Å². The average molecular weight is 248 g/mol. The van der Waals surface area contributed by atoms with Gasteiger partial charge in [0.25, 0.3) is 0 Å². The van der Waals surface area contributed by atoms with Gasteiger partial charge in [-0.1, -0.05) is 29.8 Å². The number of hydrogen-bond donors (Lipinski definition) is 1. The van der Waals surface area contributed by atoms with Gasteiger partial charge in [-0.05, 0) is 31.5 Å². The molecule has 0 fully saturated rings. The fourth-order valence-electron chi connectivity index (χ4n) is 1.72. The quantitative estimate of drug-likeness (QED) is 0.907. The molecule has 2 aromatic rings. The first kappa shape index (κ1) is 12.0. The van der Waals surface area contributed by atoms with E-state index in [1.54, 1.807) is 0 Å². The molecule has 0 saturated heterocycles. The summed E-state index contributed by atoms with van der Waals surface area (Å²) in [4.78, 5) is 8.68. The van der Waals surface area contributed by atoms with E-state index >= 15 is 0 Å². The van der Waals surface area contributed by atoms with Gasteiger partial charge in [-0.2, -0.15) is 0 Å². The predicted molar refractivity (Wildman–Crippen MR) is 70.0 cm³/mol. The smallest absolute Gasteiger partial charge is 0.125 e. The highest BCUT2D eigenvalue weighted by atomic mass is 35.5. The average Bonchev–Trinajstić information content (AvgIpc) is 2.32. The maximum Gasteiger partial charge on any atom is 0.125 e. The minimum atomic E-state index is 0.573. The number of nitrogens with two attached hydrogens (primary N) is 1. The Morgan fingerprint density at radius 1 is 1.29 bits per heavy atom. The van der Waals surface area contributed by atoms with Crippen molar-refractivity contribution in [3.05, 3.63) is 46.9 Å². The van der Waals surface area contributed by atoms with Crippen molar-refractivity contribution in [1.82, 2.24) is 9.97 Å². The summed E-state index contributed by atoms with van der Waals surface area (Å²) in [6.45, 7) is 2.44. The predicted octanol–water partition coefficient (Wildman–Crippen LogP) is 2.61. The molecule has 1 aromatic heterocycles. The Morgan fingerprint density at radius 3 is 2.76 bits per heavy atom. The monoisotopic (exact) mass is 247 g/mol. The second kappa shape index (κ2) is 5.25. The number of aromatic nitrogens is 2. The molecule has 2 N–H and O–H groups in total. The summed E-state index contributed by atoms with van der Waals surface area (Å²) in [5.41, 5.74) is 8.44. The summed E-state index contributed by atoms with van der Waals surface area (Å²) in [7, 11) is 0. The highest BCUT2D eigenvalue weighted by molar-refractivity contribution is 6.33. The third-order valence-electron chi connectivity index (χ3n) is 2.53. The van der Waals surface area contributed by atoms with Crippen LogP contribution in [0.5, 0.6) is 0 Å². The first-order valence-corrected chi connectivity index (χ1v) is 5.87. The van der Waals surface area contributed by atoms with Gasteiger partial charge in [-0.3, -0.25) is 0 Å². The van der Waals surface area contributed by atoms with Crippen LogP contribution in [0.25, 0.3) is 11.3 Å². The summed E-state index contributed by atoms with van der Waals surface area (Å²) in [6, 6.07) is 7.68. The van der Waals surface area contributed by atoms with Crippen LogP contribution in [-0.4, -0.2) is 16.5 Å². The normalized spacial score (nSPS) is 10.5. The maximum atomic E-state index is 6.19. The van der Waals surface area contributed by atoms with Crippen LogP contribution in [0.1, 0.15) is 11.4 Å². The lowest BCUT2D eigenvalue weighted by molar-refractivity contribution is 0.929. The van der Waals surface area contributed by atoms with Gasteiger partial charge in [-0.15, -0.1) is 0 Å². The highest BCUT2D eigenvalue weighted by Gasteiger charge is 2.10. The molecule has 4 heteroatoms. The molecule has 0 aliphatic rings. The lowest BCUT2D eigenvalue weighted by Gasteiger charge is -2.09. The topological polar surface area (TPSA) is 51.8 Å². The van der Waals surface area contributed by atoms with Crippen LogP contribution in [0.3, 0.4) is 0 Å². The van der Waals surface area contributed by atoms with Crippen molar-refractivity contribution in [2.45, 2.75) is 13.3 Å². The molecule has 0 aliphatic heterocycles. The molecular weight excluding hydrogens is 234 g/mol. The molecule has 0 bridgehead atoms. The molecule has 0 spiro atoms. The van der Waals surface area contributed by atoms with E-state index in [4.69, 9.17) is 17.3 Å². The Morgan fingerprint density at radius 2 is 2.06 bits per heavy atom. The fourth-order valence-corrected chi connectivity index (χ4v) is 1.95. The molecule has 0 radical (unpaired) electrons. The number of benzene rings is 1.